The summed E-state index contributed by atoms with van der Waals surface area (Å²) in [5.41, 5.74) is 11.0. The molecule has 3 heterocycles. The second-order valence-corrected chi connectivity index (χ2v) is 10.2. The van der Waals surface area contributed by atoms with Gasteiger partial charge in [0.05, 0.1) is 28.1 Å². The molecule has 2 aromatic carbocycles. The molecule has 1 saturated carbocycles. The Morgan fingerprint density at radius 2 is 1.85 bits per heavy atom. The van der Waals surface area contributed by atoms with Gasteiger partial charge in [-0.3, -0.25) is 9.78 Å². The molecule has 1 amide bonds. The maximum Gasteiger partial charge on any atom is 0.207 e. The number of nitrogens with one attached hydrogen (secondary N) is 2. The fourth-order valence-corrected chi connectivity index (χ4v) is 5.47. The van der Waals surface area contributed by atoms with Crippen molar-refractivity contribution in [3.05, 3.63) is 80.8 Å². The van der Waals surface area contributed by atoms with Crippen LogP contribution in [-0.2, 0) is 17.6 Å². The quantitative estimate of drug-likeness (QED) is 0.155. The number of aryl methyl sites for hydroxylation is 1. The fourth-order valence-electron chi connectivity index (χ4n) is 4.22. The van der Waals surface area contributed by atoms with E-state index in [1.54, 1.807) is 29.5 Å². The van der Waals surface area contributed by atoms with E-state index >= 15 is 0 Å². The summed E-state index contributed by atoms with van der Waals surface area (Å²) < 4.78 is 27.6. The fraction of sp³-hybridized carbons (Fsp3) is 0.345. The van der Waals surface area contributed by atoms with Crippen LogP contribution in [0.1, 0.15) is 40.6 Å². The van der Waals surface area contributed by atoms with Crippen molar-refractivity contribution in [3.8, 4) is 11.3 Å². The summed E-state index contributed by atoms with van der Waals surface area (Å²) in [6.45, 7) is 3.37. The first-order chi connectivity index (χ1) is 19.4. The minimum Gasteiger partial charge on any atom is -0.383 e. The standard InChI is InChI=1S/C16H16FN3O.C11H10FNS.CH3NO.CH5N/c17-13-3-1-11(2-4-13)16-15-12(5-8-19-15)9-14(20-16)6-7-18-10-21;1-6-4-8(12)10-9(5-6)14-11(13-10)7-2-3-7;1-2-3;1-2/h1-4,9-10,19H,5-8H2,(H,18,21);4-5,7H,2-3H2,1H3;1H3;2H2,1H3. The Balaban J connectivity index is 0.000000200. The molecule has 0 bridgehead atoms. The third-order valence-corrected chi connectivity index (χ3v) is 7.28. The van der Waals surface area contributed by atoms with E-state index in [1.165, 1.54) is 44.6 Å². The van der Waals surface area contributed by atoms with Crippen molar-refractivity contribution < 1.29 is 13.6 Å². The highest BCUT2D eigenvalue weighted by atomic mass is 32.1. The number of anilines is 1. The Kier molecular flexibility index (Phi) is 11.6. The lowest BCUT2D eigenvalue weighted by Crippen LogP contribution is -2.15. The second kappa shape index (κ2) is 15.1. The minimum atomic E-state index is -0.255. The van der Waals surface area contributed by atoms with Crippen LogP contribution in [0.2, 0.25) is 0 Å². The topological polar surface area (TPSA) is 122 Å². The minimum absolute atomic E-state index is 0.178. The van der Waals surface area contributed by atoms with Crippen LogP contribution in [0, 0.1) is 23.5 Å². The number of amides is 1. The molecular formula is C29H34F2N6O2S. The van der Waals surface area contributed by atoms with Gasteiger partial charge >= 0.3 is 0 Å². The van der Waals surface area contributed by atoms with Gasteiger partial charge in [0.1, 0.15) is 11.3 Å². The molecule has 4 N–H and O–H groups in total. The van der Waals surface area contributed by atoms with E-state index in [-0.39, 0.29) is 11.6 Å². The first kappa shape index (κ1) is 30.7. The Hall–Kier alpha value is -3.83. The van der Waals surface area contributed by atoms with Gasteiger partial charge in [-0.05, 0) is 86.8 Å². The van der Waals surface area contributed by atoms with Crippen molar-refractivity contribution in [1.29, 1.82) is 0 Å². The van der Waals surface area contributed by atoms with Gasteiger partial charge in [0.25, 0.3) is 0 Å². The number of nitrogens with two attached hydrogens (primary N) is 1. The van der Waals surface area contributed by atoms with E-state index < -0.39 is 0 Å². The third-order valence-electron chi connectivity index (χ3n) is 6.11. The number of nitrogens with zero attached hydrogens (tertiary/aromatic N) is 3. The summed E-state index contributed by atoms with van der Waals surface area (Å²) in [6, 6.07) is 12.0. The van der Waals surface area contributed by atoms with Gasteiger partial charge in [0.2, 0.25) is 6.41 Å². The van der Waals surface area contributed by atoms with Gasteiger partial charge in [-0.25, -0.2) is 13.8 Å². The van der Waals surface area contributed by atoms with Crippen molar-refractivity contribution in [2.45, 2.75) is 38.5 Å². The monoisotopic (exact) mass is 568 g/mol. The average molecular weight is 569 g/mol. The predicted molar refractivity (Wildman–Crippen MR) is 158 cm³/mol. The Bertz CT molecular complexity index is 1420. The number of halogens is 2. The summed E-state index contributed by atoms with van der Waals surface area (Å²) in [5, 5.41) is 9.36. The van der Waals surface area contributed by atoms with Crippen molar-refractivity contribution in [2.75, 3.05) is 32.5 Å². The smallest absolute Gasteiger partial charge is 0.207 e. The van der Waals surface area contributed by atoms with Crippen LogP contribution < -0.4 is 16.4 Å². The molecule has 0 spiro atoms. The normalized spacial score (nSPS) is 12.8. The molecule has 212 valence electrons. The second-order valence-electron chi connectivity index (χ2n) is 9.10. The van der Waals surface area contributed by atoms with Gasteiger partial charge < -0.3 is 16.4 Å². The molecular weight excluding hydrogens is 534 g/mol. The first-order valence-electron chi connectivity index (χ1n) is 13.0. The molecule has 40 heavy (non-hydrogen) atoms. The molecule has 2 aliphatic rings. The number of carbonyl (C=O) groups is 1. The number of nitroso groups, excluding NO2 is 1. The van der Waals surface area contributed by atoms with Crippen molar-refractivity contribution >= 4 is 33.7 Å². The summed E-state index contributed by atoms with van der Waals surface area (Å²) >= 11 is 1.65. The highest BCUT2D eigenvalue weighted by molar-refractivity contribution is 7.18. The number of hydrogen-bond acceptors (Lipinski definition) is 8. The van der Waals surface area contributed by atoms with Crippen LogP contribution in [0.25, 0.3) is 21.5 Å². The van der Waals surface area contributed by atoms with E-state index in [9.17, 15) is 13.6 Å². The van der Waals surface area contributed by atoms with Crippen molar-refractivity contribution in [2.24, 2.45) is 10.9 Å². The molecule has 2 aromatic heterocycles. The Labute approximate surface area is 236 Å². The molecule has 0 atom stereocenters. The van der Waals surface area contributed by atoms with Crippen LogP contribution in [0.3, 0.4) is 0 Å². The number of hydrogen-bond donors (Lipinski definition) is 3. The zero-order valence-corrected chi connectivity index (χ0v) is 23.7. The van der Waals surface area contributed by atoms with Crippen molar-refractivity contribution in [1.82, 2.24) is 15.3 Å². The molecule has 8 nitrogen and oxygen atoms in total. The highest BCUT2D eigenvalue weighted by Crippen LogP contribution is 2.43. The molecule has 1 aliphatic carbocycles. The summed E-state index contributed by atoms with van der Waals surface area (Å²) in [4.78, 5) is 27.9. The van der Waals surface area contributed by atoms with Gasteiger partial charge in [-0.15, -0.1) is 11.3 Å². The summed E-state index contributed by atoms with van der Waals surface area (Å²) in [7, 11) is 2.69. The number of thiazole rings is 1. The highest BCUT2D eigenvalue weighted by Gasteiger charge is 2.27. The Morgan fingerprint density at radius 3 is 2.50 bits per heavy atom. The van der Waals surface area contributed by atoms with E-state index in [0.29, 0.717) is 30.8 Å². The van der Waals surface area contributed by atoms with E-state index in [2.05, 4.69) is 37.6 Å². The van der Waals surface area contributed by atoms with Crippen LogP contribution in [0.15, 0.2) is 47.6 Å². The van der Waals surface area contributed by atoms with Gasteiger partial charge in [-0.2, -0.15) is 4.91 Å². The predicted octanol–water partition coefficient (Wildman–Crippen LogP) is 5.72. The van der Waals surface area contributed by atoms with Crippen LogP contribution in [-0.4, -0.2) is 43.6 Å². The number of fused-ring (bicyclic) bond motifs is 2. The first-order valence-corrected chi connectivity index (χ1v) is 13.8. The maximum atomic E-state index is 13.5. The number of carbonyl (C=O) groups excluding carboxylic acids is 1. The molecule has 1 aliphatic heterocycles. The van der Waals surface area contributed by atoms with Gasteiger partial charge in [0.15, 0.2) is 5.82 Å². The Morgan fingerprint density at radius 1 is 1.15 bits per heavy atom. The molecule has 0 unspecified atom stereocenters. The zero-order chi connectivity index (χ0) is 29.1. The van der Waals surface area contributed by atoms with E-state index in [1.807, 2.05) is 13.0 Å². The maximum absolute atomic E-state index is 13.5. The molecule has 0 saturated heterocycles. The average Bonchev–Trinajstić information content (AvgIpc) is 3.53. The molecule has 1 fully saturated rings. The summed E-state index contributed by atoms with van der Waals surface area (Å²) in [5.74, 6) is 0.185. The number of rotatable bonds is 6. The van der Waals surface area contributed by atoms with Crippen LogP contribution in [0.5, 0.6) is 0 Å². The number of aromatic nitrogens is 2. The molecule has 11 heteroatoms. The lowest BCUT2D eigenvalue weighted by Gasteiger charge is -2.11. The van der Waals surface area contributed by atoms with E-state index in [0.717, 1.165) is 50.9 Å². The summed E-state index contributed by atoms with van der Waals surface area (Å²) in [6.07, 6.45) is 4.77. The van der Waals surface area contributed by atoms with E-state index in [4.69, 9.17) is 4.91 Å². The lowest BCUT2D eigenvalue weighted by atomic mass is 10.0. The zero-order valence-electron chi connectivity index (χ0n) is 22.8. The lowest BCUT2D eigenvalue weighted by molar-refractivity contribution is -0.109. The third kappa shape index (κ3) is 8.09. The molecule has 6 rings (SSSR count). The largest absolute Gasteiger partial charge is 0.383 e. The van der Waals surface area contributed by atoms with Crippen LogP contribution in [0.4, 0.5) is 14.5 Å². The number of pyridine rings is 1. The van der Waals surface area contributed by atoms with Crippen molar-refractivity contribution in [3.63, 3.8) is 0 Å². The SMILES string of the molecule is CN.CN=O.Cc1cc(F)c2nc(C3CC3)sc2c1.O=CNCCc1cc2c(c(-c3ccc(F)cc3)n1)NCC2. The van der Waals surface area contributed by atoms with Gasteiger partial charge in [0, 0.05) is 36.7 Å². The number of benzene rings is 2. The van der Waals surface area contributed by atoms with Crippen LogP contribution >= 0.6 is 11.3 Å². The molecule has 4 aromatic rings. The molecule has 0 radical (unpaired) electrons. The van der Waals surface area contributed by atoms with Gasteiger partial charge in [-0.1, -0.05) is 5.18 Å².